The molecule has 1 aromatic rings. The summed E-state index contributed by atoms with van der Waals surface area (Å²) in [5.41, 5.74) is 5.83. The lowest BCUT2D eigenvalue weighted by Crippen LogP contribution is -2.39. The zero-order valence-corrected chi connectivity index (χ0v) is 9.72. The molecule has 0 amide bonds. The van der Waals surface area contributed by atoms with Crippen molar-refractivity contribution in [1.82, 2.24) is 4.90 Å². The molecule has 2 rings (SSSR count). The Labute approximate surface area is 96.0 Å². The Morgan fingerprint density at radius 3 is 3.00 bits per heavy atom. The lowest BCUT2D eigenvalue weighted by atomic mass is 10.1. The molecule has 2 heterocycles. The number of nitrogens with two attached hydrogens (primary N) is 1. The SMILES string of the molecule is Cc1ccc(C(CN)N2CCCC2CO)o1. The fourth-order valence-electron chi connectivity index (χ4n) is 2.51. The summed E-state index contributed by atoms with van der Waals surface area (Å²) in [7, 11) is 0. The van der Waals surface area contributed by atoms with Crippen molar-refractivity contribution in [2.45, 2.75) is 31.8 Å². The van der Waals surface area contributed by atoms with Crippen LogP contribution >= 0.6 is 0 Å². The molecule has 0 aliphatic carbocycles. The molecule has 0 spiro atoms. The van der Waals surface area contributed by atoms with Gasteiger partial charge in [0.2, 0.25) is 0 Å². The van der Waals surface area contributed by atoms with Crippen molar-refractivity contribution in [1.29, 1.82) is 0 Å². The van der Waals surface area contributed by atoms with Gasteiger partial charge in [0, 0.05) is 12.6 Å². The molecule has 1 saturated heterocycles. The van der Waals surface area contributed by atoms with Gasteiger partial charge in [0.1, 0.15) is 11.5 Å². The minimum absolute atomic E-state index is 0.105. The van der Waals surface area contributed by atoms with Crippen molar-refractivity contribution in [3.8, 4) is 0 Å². The third-order valence-electron chi connectivity index (χ3n) is 3.35. The number of hydrogen-bond donors (Lipinski definition) is 2. The molecule has 16 heavy (non-hydrogen) atoms. The molecule has 1 aliphatic heterocycles. The van der Waals surface area contributed by atoms with Gasteiger partial charge in [-0.05, 0) is 38.4 Å². The summed E-state index contributed by atoms with van der Waals surface area (Å²) in [6.45, 7) is 3.66. The molecular formula is C12H20N2O2. The Balaban J connectivity index is 2.15. The Morgan fingerprint density at radius 2 is 2.44 bits per heavy atom. The first-order valence-electron chi connectivity index (χ1n) is 5.89. The van der Waals surface area contributed by atoms with Gasteiger partial charge in [-0.25, -0.2) is 0 Å². The summed E-state index contributed by atoms with van der Waals surface area (Å²) in [4.78, 5) is 2.26. The van der Waals surface area contributed by atoms with Crippen LogP contribution in [-0.2, 0) is 0 Å². The fraction of sp³-hybridized carbons (Fsp3) is 0.667. The Kier molecular flexibility index (Phi) is 3.63. The summed E-state index contributed by atoms with van der Waals surface area (Å²) >= 11 is 0. The van der Waals surface area contributed by atoms with Crippen molar-refractivity contribution in [3.63, 3.8) is 0 Å². The Hall–Kier alpha value is -0.840. The van der Waals surface area contributed by atoms with E-state index in [1.54, 1.807) is 0 Å². The van der Waals surface area contributed by atoms with Crippen LogP contribution in [0.4, 0.5) is 0 Å². The van der Waals surface area contributed by atoms with Crippen LogP contribution < -0.4 is 5.73 Å². The average Bonchev–Trinajstić information content (AvgIpc) is 2.89. The number of likely N-dealkylation sites (tertiary alicyclic amines) is 1. The molecular weight excluding hydrogens is 204 g/mol. The van der Waals surface area contributed by atoms with E-state index in [4.69, 9.17) is 10.2 Å². The van der Waals surface area contributed by atoms with E-state index in [0.29, 0.717) is 6.54 Å². The predicted octanol–water partition coefficient (Wildman–Crippen LogP) is 1.04. The Bertz CT molecular complexity index is 338. The smallest absolute Gasteiger partial charge is 0.122 e. The van der Waals surface area contributed by atoms with E-state index in [9.17, 15) is 5.11 Å². The predicted molar refractivity (Wildman–Crippen MR) is 62.1 cm³/mol. The lowest BCUT2D eigenvalue weighted by molar-refractivity contribution is 0.110. The summed E-state index contributed by atoms with van der Waals surface area (Å²) in [5.74, 6) is 1.83. The number of rotatable bonds is 4. The van der Waals surface area contributed by atoms with Gasteiger partial charge in [-0.3, -0.25) is 4.90 Å². The van der Waals surface area contributed by atoms with Crippen LogP contribution in [0.3, 0.4) is 0 Å². The van der Waals surface area contributed by atoms with Crippen molar-refractivity contribution < 1.29 is 9.52 Å². The van der Waals surface area contributed by atoms with E-state index in [1.807, 2.05) is 19.1 Å². The van der Waals surface area contributed by atoms with Gasteiger partial charge in [-0.15, -0.1) is 0 Å². The van der Waals surface area contributed by atoms with Gasteiger partial charge >= 0.3 is 0 Å². The second-order valence-electron chi connectivity index (χ2n) is 4.42. The van der Waals surface area contributed by atoms with Crippen LogP contribution in [0, 0.1) is 6.92 Å². The molecule has 0 aromatic carbocycles. The molecule has 3 N–H and O–H groups in total. The number of aliphatic hydroxyl groups excluding tert-OH is 1. The molecule has 4 nitrogen and oxygen atoms in total. The Morgan fingerprint density at radius 1 is 1.62 bits per heavy atom. The minimum atomic E-state index is 0.105. The maximum Gasteiger partial charge on any atom is 0.122 e. The average molecular weight is 224 g/mol. The summed E-state index contributed by atoms with van der Waals surface area (Å²) in [6.07, 6.45) is 2.17. The molecule has 1 aliphatic rings. The van der Waals surface area contributed by atoms with Gasteiger partial charge < -0.3 is 15.3 Å². The maximum atomic E-state index is 9.32. The number of hydrogen-bond acceptors (Lipinski definition) is 4. The highest BCUT2D eigenvalue weighted by molar-refractivity contribution is 5.11. The first-order valence-corrected chi connectivity index (χ1v) is 5.89. The molecule has 0 saturated carbocycles. The molecule has 2 atom stereocenters. The second kappa shape index (κ2) is 4.99. The van der Waals surface area contributed by atoms with Gasteiger partial charge in [-0.2, -0.15) is 0 Å². The van der Waals surface area contributed by atoms with Crippen LogP contribution in [0.5, 0.6) is 0 Å². The van der Waals surface area contributed by atoms with E-state index in [2.05, 4.69) is 4.90 Å². The maximum absolute atomic E-state index is 9.32. The number of nitrogens with zero attached hydrogens (tertiary/aromatic N) is 1. The molecule has 2 unspecified atom stereocenters. The topological polar surface area (TPSA) is 62.6 Å². The molecule has 90 valence electrons. The molecule has 1 aromatic heterocycles. The van der Waals surface area contributed by atoms with E-state index in [1.165, 1.54) is 0 Å². The monoisotopic (exact) mass is 224 g/mol. The van der Waals surface area contributed by atoms with Crippen molar-refractivity contribution in [2.75, 3.05) is 19.7 Å². The van der Waals surface area contributed by atoms with Gasteiger partial charge in [-0.1, -0.05) is 0 Å². The standard InChI is InChI=1S/C12H20N2O2/c1-9-4-5-12(16-9)11(7-13)14-6-2-3-10(14)8-15/h4-5,10-11,15H,2-3,6-8,13H2,1H3. The van der Waals surface area contributed by atoms with Gasteiger partial charge in [0.15, 0.2) is 0 Å². The minimum Gasteiger partial charge on any atom is -0.465 e. The summed E-state index contributed by atoms with van der Waals surface area (Å²) in [5, 5.41) is 9.32. The third kappa shape index (κ3) is 2.14. The zero-order valence-electron chi connectivity index (χ0n) is 9.72. The van der Waals surface area contributed by atoms with Gasteiger partial charge in [0.05, 0.1) is 12.6 Å². The van der Waals surface area contributed by atoms with Crippen LogP contribution in [-0.4, -0.2) is 35.7 Å². The second-order valence-corrected chi connectivity index (χ2v) is 4.42. The van der Waals surface area contributed by atoms with Crippen LogP contribution in [0.1, 0.15) is 30.4 Å². The van der Waals surface area contributed by atoms with Crippen LogP contribution in [0.25, 0.3) is 0 Å². The first-order chi connectivity index (χ1) is 7.76. The molecule has 0 radical (unpaired) electrons. The quantitative estimate of drug-likeness (QED) is 0.802. The summed E-state index contributed by atoms with van der Waals surface area (Å²) in [6, 6.07) is 4.29. The first kappa shape index (κ1) is 11.6. The van der Waals surface area contributed by atoms with Crippen molar-refractivity contribution >= 4 is 0 Å². The van der Waals surface area contributed by atoms with E-state index >= 15 is 0 Å². The number of aliphatic hydroxyl groups is 1. The van der Waals surface area contributed by atoms with E-state index < -0.39 is 0 Å². The third-order valence-corrected chi connectivity index (χ3v) is 3.35. The van der Waals surface area contributed by atoms with Crippen LogP contribution in [0.2, 0.25) is 0 Å². The molecule has 0 bridgehead atoms. The van der Waals surface area contributed by atoms with Crippen molar-refractivity contribution in [2.24, 2.45) is 5.73 Å². The highest BCUT2D eigenvalue weighted by Gasteiger charge is 2.31. The lowest BCUT2D eigenvalue weighted by Gasteiger charge is -2.29. The van der Waals surface area contributed by atoms with Gasteiger partial charge in [0.25, 0.3) is 0 Å². The van der Waals surface area contributed by atoms with Crippen molar-refractivity contribution in [3.05, 3.63) is 23.7 Å². The number of aryl methyl sites for hydroxylation is 1. The number of furan rings is 1. The largest absolute Gasteiger partial charge is 0.465 e. The fourth-order valence-corrected chi connectivity index (χ4v) is 2.51. The van der Waals surface area contributed by atoms with E-state index in [-0.39, 0.29) is 18.7 Å². The highest BCUT2D eigenvalue weighted by atomic mass is 16.3. The van der Waals surface area contributed by atoms with E-state index in [0.717, 1.165) is 30.9 Å². The molecule has 4 heteroatoms. The molecule has 1 fully saturated rings. The highest BCUT2D eigenvalue weighted by Crippen LogP contribution is 2.29. The van der Waals surface area contributed by atoms with Crippen LogP contribution in [0.15, 0.2) is 16.5 Å². The zero-order chi connectivity index (χ0) is 11.5. The summed E-state index contributed by atoms with van der Waals surface area (Å²) < 4.78 is 5.64. The normalized spacial score (nSPS) is 23.8.